The Morgan fingerprint density at radius 1 is 1.16 bits per heavy atom. The summed E-state index contributed by atoms with van der Waals surface area (Å²) in [6, 6.07) is 10.8. The summed E-state index contributed by atoms with van der Waals surface area (Å²) >= 11 is 0. The van der Waals surface area contributed by atoms with Crippen molar-refractivity contribution >= 4 is 17.4 Å². The van der Waals surface area contributed by atoms with Crippen molar-refractivity contribution in [3.63, 3.8) is 0 Å². The average molecular weight is 336 g/mol. The Balaban J connectivity index is 1.80. The number of hydrogen-bond donors (Lipinski definition) is 1. The third kappa shape index (κ3) is 4.08. The van der Waals surface area contributed by atoms with Crippen LogP contribution in [0.25, 0.3) is 11.3 Å². The fraction of sp³-hybridized carbons (Fsp3) is 0.111. The molecule has 0 saturated heterocycles. The first kappa shape index (κ1) is 16.4. The topological polar surface area (TPSA) is 89.6 Å². The van der Waals surface area contributed by atoms with E-state index in [1.165, 1.54) is 6.39 Å². The van der Waals surface area contributed by atoms with E-state index >= 15 is 0 Å². The number of benzene rings is 1. The van der Waals surface area contributed by atoms with E-state index in [0.717, 1.165) is 11.3 Å². The molecule has 0 bridgehead atoms. The first-order valence-corrected chi connectivity index (χ1v) is 7.68. The summed E-state index contributed by atoms with van der Waals surface area (Å²) in [5.41, 5.74) is 5.30. The minimum Gasteiger partial charge on any atom is -0.461 e. The van der Waals surface area contributed by atoms with Gasteiger partial charge >= 0.3 is 5.97 Å². The molecule has 0 fully saturated rings. The van der Waals surface area contributed by atoms with Gasteiger partial charge in [0.05, 0.1) is 18.5 Å². The molecule has 3 rings (SSSR count). The molecule has 2 aromatic heterocycles. The second-order valence-corrected chi connectivity index (χ2v) is 4.97. The van der Waals surface area contributed by atoms with Crippen molar-refractivity contribution in [2.24, 2.45) is 5.10 Å². The van der Waals surface area contributed by atoms with E-state index in [1.807, 2.05) is 24.3 Å². The molecule has 0 atom stereocenters. The smallest absolute Gasteiger partial charge is 0.359 e. The van der Waals surface area contributed by atoms with Crippen LogP contribution in [-0.4, -0.2) is 28.3 Å². The van der Waals surface area contributed by atoms with Crippen LogP contribution in [0.2, 0.25) is 0 Å². The molecule has 7 heteroatoms. The van der Waals surface area contributed by atoms with Crippen molar-refractivity contribution in [1.29, 1.82) is 0 Å². The average Bonchev–Trinajstić information content (AvgIpc) is 3.18. The lowest BCUT2D eigenvalue weighted by Crippen LogP contribution is -2.20. The normalized spacial score (nSPS) is 11.2. The van der Waals surface area contributed by atoms with Crippen LogP contribution in [0.4, 0.5) is 5.69 Å². The maximum absolute atomic E-state index is 12.1. The van der Waals surface area contributed by atoms with Crippen LogP contribution in [0.3, 0.4) is 0 Å². The number of carbonyl (C=O) groups excluding carboxylic acids is 1. The van der Waals surface area contributed by atoms with E-state index in [-0.39, 0.29) is 12.3 Å². The van der Waals surface area contributed by atoms with Gasteiger partial charge in [-0.2, -0.15) is 5.10 Å². The number of anilines is 1. The monoisotopic (exact) mass is 336 g/mol. The van der Waals surface area contributed by atoms with Crippen LogP contribution >= 0.6 is 0 Å². The van der Waals surface area contributed by atoms with Gasteiger partial charge in [-0.3, -0.25) is 10.4 Å². The number of oxazole rings is 1. The summed E-state index contributed by atoms with van der Waals surface area (Å²) in [7, 11) is 0. The zero-order chi connectivity index (χ0) is 17.5. The number of pyridine rings is 1. The van der Waals surface area contributed by atoms with Gasteiger partial charge in [0.15, 0.2) is 17.9 Å². The second kappa shape index (κ2) is 7.87. The van der Waals surface area contributed by atoms with Crippen molar-refractivity contribution < 1.29 is 13.9 Å². The highest BCUT2D eigenvalue weighted by Gasteiger charge is 2.15. The SMILES string of the molecule is CCOC(=O)/C(=N\Nc1ccc(-c2cnco2)cc1)c1ccncc1. The predicted molar refractivity (Wildman–Crippen MR) is 93.0 cm³/mol. The summed E-state index contributed by atoms with van der Waals surface area (Å²) in [6.45, 7) is 2.02. The van der Waals surface area contributed by atoms with Gasteiger partial charge in [0.2, 0.25) is 0 Å². The lowest BCUT2D eigenvalue weighted by Gasteiger charge is -2.07. The molecule has 1 N–H and O–H groups in total. The number of nitrogens with zero attached hydrogens (tertiary/aromatic N) is 3. The fourth-order valence-corrected chi connectivity index (χ4v) is 2.13. The molecule has 0 aliphatic heterocycles. The van der Waals surface area contributed by atoms with Gasteiger partial charge < -0.3 is 9.15 Å². The first-order chi connectivity index (χ1) is 12.3. The van der Waals surface area contributed by atoms with Crippen LogP contribution in [0, 0.1) is 0 Å². The quantitative estimate of drug-likeness (QED) is 0.422. The van der Waals surface area contributed by atoms with Gasteiger partial charge in [0.1, 0.15) is 0 Å². The van der Waals surface area contributed by atoms with E-state index in [4.69, 9.17) is 9.15 Å². The van der Waals surface area contributed by atoms with E-state index in [2.05, 4.69) is 20.5 Å². The third-order valence-corrected chi connectivity index (χ3v) is 3.32. The standard InChI is InChI=1S/C18H16N4O3/c1-2-24-18(23)17(14-7-9-19-10-8-14)22-21-15-5-3-13(4-6-15)16-11-20-12-25-16/h3-12,21H,2H2,1H3/b22-17-. The number of aromatic nitrogens is 2. The Bertz CT molecular complexity index is 844. The first-order valence-electron chi connectivity index (χ1n) is 7.68. The summed E-state index contributed by atoms with van der Waals surface area (Å²) in [5, 5.41) is 4.20. The molecule has 1 aromatic carbocycles. The zero-order valence-electron chi connectivity index (χ0n) is 13.5. The number of rotatable bonds is 6. The third-order valence-electron chi connectivity index (χ3n) is 3.32. The summed E-state index contributed by atoms with van der Waals surface area (Å²) in [4.78, 5) is 20.0. The van der Waals surface area contributed by atoms with E-state index in [9.17, 15) is 4.79 Å². The number of carbonyl (C=O) groups is 1. The Labute approximate surface area is 144 Å². The van der Waals surface area contributed by atoms with Crippen molar-refractivity contribution in [1.82, 2.24) is 9.97 Å². The summed E-state index contributed by atoms with van der Waals surface area (Å²) in [6.07, 6.45) is 6.21. The maximum Gasteiger partial charge on any atom is 0.359 e. The lowest BCUT2D eigenvalue weighted by atomic mass is 10.1. The van der Waals surface area contributed by atoms with Gasteiger partial charge in [0.25, 0.3) is 0 Å². The number of hydrazone groups is 1. The van der Waals surface area contributed by atoms with Crippen molar-refractivity contribution in [2.75, 3.05) is 12.0 Å². The Morgan fingerprint density at radius 3 is 2.56 bits per heavy atom. The molecule has 7 nitrogen and oxygen atoms in total. The van der Waals surface area contributed by atoms with Crippen LogP contribution in [-0.2, 0) is 9.53 Å². The predicted octanol–water partition coefficient (Wildman–Crippen LogP) is 3.12. The van der Waals surface area contributed by atoms with Crippen LogP contribution in [0.15, 0.2) is 70.9 Å². The van der Waals surface area contributed by atoms with Gasteiger partial charge in [-0.1, -0.05) is 0 Å². The van der Waals surface area contributed by atoms with Gasteiger partial charge in [0, 0.05) is 23.5 Å². The molecule has 0 saturated carbocycles. The van der Waals surface area contributed by atoms with E-state index < -0.39 is 5.97 Å². The van der Waals surface area contributed by atoms with Gasteiger partial charge in [-0.15, -0.1) is 0 Å². The molecule has 0 spiro atoms. The largest absolute Gasteiger partial charge is 0.461 e. The molecule has 0 unspecified atom stereocenters. The summed E-state index contributed by atoms with van der Waals surface area (Å²) in [5.74, 6) is 0.179. The van der Waals surface area contributed by atoms with Crippen molar-refractivity contribution in [2.45, 2.75) is 6.92 Å². The molecule has 3 aromatic rings. The summed E-state index contributed by atoms with van der Waals surface area (Å²) < 4.78 is 10.3. The Morgan fingerprint density at radius 2 is 1.92 bits per heavy atom. The highest BCUT2D eigenvalue weighted by molar-refractivity contribution is 6.43. The zero-order valence-corrected chi connectivity index (χ0v) is 13.5. The van der Waals surface area contributed by atoms with E-state index in [0.29, 0.717) is 11.3 Å². The number of ether oxygens (including phenoxy) is 1. The maximum atomic E-state index is 12.1. The fourth-order valence-electron chi connectivity index (χ4n) is 2.13. The minimum absolute atomic E-state index is 0.184. The Hall–Kier alpha value is -3.48. The van der Waals surface area contributed by atoms with Gasteiger partial charge in [-0.25, -0.2) is 9.78 Å². The minimum atomic E-state index is -0.500. The van der Waals surface area contributed by atoms with Crippen LogP contribution in [0.1, 0.15) is 12.5 Å². The molecule has 25 heavy (non-hydrogen) atoms. The molecule has 2 heterocycles. The number of hydrogen-bond acceptors (Lipinski definition) is 7. The molecular formula is C18H16N4O3. The van der Waals surface area contributed by atoms with Gasteiger partial charge in [-0.05, 0) is 43.3 Å². The van der Waals surface area contributed by atoms with Crippen LogP contribution < -0.4 is 5.43 Å². The highest BCUT2D eigenvalue weighted by Crippen LogP contribution is 2.20. The van der Waals surface area contributed by atoms with Crippen LogP contribution in [0.5, 0.6) is 0 Å². The molecular weight excluding hydrogens is 320 g/mol. The highest BCUT2D eigenvalue weighted by atomic mass is 16.5. The Kier molecular flexibility index (Phi) is 5.16. The van der Waals surface area contributed by atoms with Crippen molar-refractivity contribution in [3.8, 4) is 11.3 Å². The number of nitrogens with one attached hydrogen (secondary N) is 1. The van der Waals surface area contributed by atoms with E-state index in [1.54, 1.807) is 37.6 Å². The molecule has 126 valence electrons. The lowest BCUT2D eigenvalue weighted by molar-refractivity contribution is -0.134. The molecule has 0 amide bonds. The molecule has 0 radical (unpaired) electrons. The molecule has 0 aliphatic rings. The number of esters is 1. The molecule has 0 aliphatic carbocycles. The van der Waals surface area contributed by atoms with Crippen molar-refractivity contribution in [3.05, 3.63) is 66.9 Å². The second-order valence-electron chi connectivity index (χ2n) is 4.97.